The lowest BCUT2D eigenvalue weighted by molar-refractivity contribution is -0.384. The number of nitrogens with one attached hydrogen (secondary N) is 1. The molecule has 1 saturated heterocycles. The Labute approximate surface area is 131 Å². The third-order valence-corrected chi connectivity index (χ3v) is 4.43. The normalized spacial score (nSPS) is 15.7. The summed E-state index contributed by atoms with van der Waals surface area (Å²) >= 11 is 3.32. The van der Waals surface area contributed by atoms with E-state index < -0.39 is 4.92 Å². The van der Waals surface area contributed by atoms with Crippen molar-refractivity contribution in [2.45, 2.75) is 25.8 Å². The molecule has 1 N–H and O–H groups in total. The van der Waals surface area contributed by atoms with E-state index in [4.69, 9.17) is 0 Å². The van der Waals surface area contributed by atoms with Crippen LogP contribution in [0.3, 0.4) is 0 Å². The van der Waals surface area contributed by atoms with Crippen LogP contribution in [-0.4, -0.2) is 41.4 Å². The van der Waals surface area contributed by atoms with E-state index >= 15 is 0 Å². The Kier molecular flexibility index (Phi) is 5.30. The quantitative estimate of drug-likeness (QED) is 0.665. The number of benzene rings is 1. The van der Waals surface area contributed by atoms with Crippen LogP contribution >= 0.6 is 15.9 Å². The van der Waals surface area contributed by atoms with Gasteiger partial charge in [0.2, 0.25) is 0 Å². The average molecular weight is 356 g/mol. The summed E-state index contributed by atoms with van der Waals surface area (Å²) in [5.74, 6) is -0.153. The fourth-order valence-corrected chi connectivity index (χ4v) is 3.05. The van der Waals surface area contributed by atoms with E-state index in [1.807, 2.05) is 11.8 Å². The summed E-state index contributed by atoms with van der Waals surface area (Å²) in [5.41, 5.74) is 0.285. The third kappa shape index (κ3) is 3.59. The van der Waals surface area contributed by atoms with E-state index in [2.05, 4.69) is 21.2 Å². The summed E-state index contributed by atoms with van der Waals surface area (Å²) in [7, 11) is 0. The number of carbonyl (C=O) groups excluding carboxylic acids is 1. The summed E-state index contributed by atoms with van der Waals surface area (Å²) in [6.45, 7) is 4.32. The second-order valence-electron chi connectivity index (χ2n) is 4.99. The van der Waals surface area contributed by atoms with Crippen molar-refractivity contribution in [3.05, 3.63) is 38.3 Å². The van der Waals surface area contributed by atoms with E-state index in [0.717, 1.165) is 25.9 Å². The molecule has 1 fully saturated rings. The predicted molar refractivity (Wildman–Crippen MR) is 83.4 cm³/mol. The van der Waals surface area contributed by atoms with Crippen molar-refractivity contribution in [3.63, 3.8) is 0 Å². The van der Waals surface area contributed by atoms with E-state index in [1.165, 1.54) is 12.1 Å². The van der Waals surface area contributed by atoms with Crippen molar-refractivity contribution in [2.24, 2.45) is 0 Å². The number of hydrogen-bond donors (Lipinski definition) is 1. The topological polar surface area (TPSA) is 75.5 Å². The van der Waals surface area contributed by atoms with E-state index in [-0.39, 0.29) is 17.6 Å². The van der Waals surface area contributed by atoms with Gasteiger partial charge in [0.25, 0.3) is 11.6 Å². The predicted octanol–water partition coefficient (Wildman–Crippen LogP) is 2.57. The smallest absolute Gasteiger partial charge is 0.270 e. The number of amides is 1. The van der Waals surface area contributed by atoms with E-state index in [0.29, 0.717) is 16.6 Å². The Morgan fingerprint density at radius 1 is 1.48 bits per heavy atom. The first-order valence-corrected chi connectivity index (χ1v) is 7.79. The molecule has 1 aromatic carbocycles. The molecule has 1 heterocycles. The molecule has 0 unspecified atom stereocenters. The van der Waals surface area contributed by atoms with Gasteiger partial charge in [-0.2, -0.15) is 0 Å². The molecule has 6 nitrogen and oxygen atoms in total. The minimum atomic E-state index is -0.482. The summed E-state index contributed by atoms with van der Waals surface area (Å²) in [4.78, 5) is 24.9. The zero-order chi connectivity index (χ0) is 15.4. The standard InChI is InChI=1S/C14H18BrN3O3/c1-2-17(10-5-7-16-8-6-10)14(19)12-9-11(18(20)21)3-4-13(12)15/h3-4,9-10,16H,2,5-8H2,1H3. The van der Waals surface area contributed by atoms with Gasteiger partial charge in [-0.15, -0.1) is 0 Å². The molecule has 114 valence electrons. The highest BCUT2D eigenvalue weighted by atomic mass is 79.9. The second kappa shape index (κ2) is 7.00. The minimum Gasteiger partial charge on any atom is -0.336 e. The van der Waals surface area contributed by atoms with Crippen molar-refractivity contribution < 1.29 is 9.72 Å². The van der Waals surface area contributed by atoms with Gasteiger partial charge in [0.05, 0.1) is 10.5 Å². The first-order valence-electron chi connectivity index (χ1n) is 7.00. The molecular formula is C14H18BrN3O3. The number of nitro benzene ring substituents is 1. The average Bonchev–Trinajstić information content (AvgIpc) is 2.49. The van der Waals surface area contributed by atoms with Gasteiger partial charge in [0.15, 0.2) is 0 Å². The van der Waals surface area contributed by atoms with Crippen LogP contribution in [0.4, 0.5) is 5.69 Å². The largest absolute Gasteiger partial charge is 0.336 e. The lowest BCUT2D eigenvalue weighted by Gasteiger charge is -2.34. The van der Waals surface area contributed by atoms with E-state index in [9.17, 15) is 14.9 Å². The number of rotatable bonds is 4. The molecule has 0 radical (unpaired) electrons. The molecule has 0 spiro atoms. The Balaban J connectivity index is 2.28. The third-order valence-electron chi connectivity index (χ3n) is 3.74. The number of nitrogens with zero attached hydrogens (tertiary/aromatic N) is 2. The highest BCUT2D eigenvalue weighted by Gasteiger charge is 2.27. The molecule has 7 heteroatoms. The number of hydrogen-bond acceptors (Lipinski definition) is 4. The van der Waals surface area contributed by atoms with Gasteiger partial charge < -0.3 is 10.2 Å². The van der Waals surface area contributed by atoms with Crippen molar-refractivity contribution in [1.29, 1.82) is 0 Å². The second-order valence-corrected chi connectivity index (χ2v) is 5.85. The summed E-state index contributed by atoms with van der Waals surface area (Å²) < 4.78 is 0.588. The van der Waals surface area contributed by atoms with Crippen LogP contribution in [0.5, 0.6) is 0 Å². The van der Waals surface area contributed by atoms with Crippen LogP contribution in [0.25, 0.3) is 0 Å². The van der Waals surface area contributed by atoms with E-state index in [1.54, 1.807) is 6.07 Å². The van der Waals surface area contributed by atoms with Gasteiger partial charge in [-0.25, -0.2) is 0 Å². The van der Waals surface area contributed by atoms with Crippen LogP contribution in [0.15, 0.2) is 22.7 Å². The minimum absolute atomic E-state index is 0.0667. The highest BCUT2D eigenvalue weighted by molar-refractivity contribution is 9.10. The molecular weight excluding hydrogens is 338 g/mol. The molecule has 1 aliphatic rings. The maximum Gasteiger partial charge on any atom is 0.270 e. The van der Waals surface area contributed by atoms with Crippen LogP contribution in [0.2, 0.25) is 0 Å². The molecule has 1 aromatic rings. The Morgan fingerprint density at radius 3 is 2.71 bits per heavy atom. The molecule has 0 bridgehead atoms. The fourth-order valence-electron chi connectivity index (χ4n) is 2.63. The number of nitro groups is 1. The van der Waals surface area contributed by atoms with Gasteiger partial charge >= 0.3 is 0 Å². The van der Waals surface area contributed by atoms with Gasteiger partial charge in [-0.05, 0) is 54.9 Å². The molecule has 0 atom stereocenters. The lowest BCUT2D eigenvalue weighted by atomic mass is 10.0. The maximum absolute atomic E-state index is 12.7. The van der Waals surface area contributed by atoms with Gasteiger partial charge in [0, 0.05) is 29.2 Å². The summed E-state index contributed by atoms with van der Waals surface area (Å²) in [6.07, 6.45) is 1.82. The Morgan fingerprint density at radius 2 is 2.14 bits per heavy atom. The van der Waals surface area contributed by atoms with Crippen LogP contribution in [0, 0.1) is 10.1 Å². The van der Waals surface area contributed by atoms with Crippen molar-refractivity contribution in [2.75, 3.05) is 19.6 Å². The van der Waals surface area contributed by atoms with Crippen LogP contribution < -0.4 is 5.32 Å². The molecule has 1 amide bonds. The summed E-state index contributed by atoms with van der Waals surface area (Å²) in [5, 5.41) is 14.2. The zero-order valence-corrected chi connectivity index (χ0v) is 13.4. The number of non-ortho nitro benzene ring substituents is 1. The number of piperidine rings is 1. The number of halogens is 1. The molecule has 1 aliphatic heterocycles. The zero-order valence-electron chi connectivity index (χ0n) is 11.8. The molecule has 0 aliphatic carbocycles. The van der Waals surface area contributed by atoms with Crippen molar-refractivity contribution in [3.8, 4) is 0 Å². The van der Waals surface area contributed by atoms with Crippen molar-refractivity contribution >= 4 is 27.5 Å². The lowest BCUT2D eigenvalue weighted by Crippen LogP contribution is -2.46. The fraction of sp³-hybridized carbons (Fsp3) is 0.500. The number of carbonyl (C=O) groups is 1. The van der Waals surface area contributed by atoms with Gasteiger partial charge in [0.1, 0.15) is 0 Å². The molecule has 0 aromatic heterocycles. The first kappa shape index (κ1) is 15.9. The highest BCUT2D eigenvalue weighted by Crippen LogP contribution is 2.25. The monoisotopic (exact) mass is 355 g/mol. The van der Waals surface area contributed by atoms with Gasteiger partial charge in [-0.3, -0.25) is 14.9 Å². The Bertz CT molecular complexity index is 544. The molecule has 2 rings (SSSR count). The molecule has 0 saturated carbocycles. The van der Waals surface area contributed by atoms with Crippen molar-refractivity contribution in [1.82, 2.24) is 10.2 Å². The van der Waals surface area contributed by atoms with Crippen LogP contribution in [0.1, 0.15) is 30.1 Å². The maximum atomic E-state index is 12.7. The Hall–Kier alpha value is -1.47. The SMILES string of the molecule is CCN(C(=O)c1cc([N+](=O)[O-])ccc1Br)C1CCNCC1. The summed E-state index contributed by atoms with van der Waals surface area (Å²) in [6, 6.07) is 4.48. The first-order chi connectivity index (χ1) is 10.0. The van der Waals surface area contributed by atoms with Gasteiger partial charge in [-0.1, -0.05) is 0 Å². The van der Waals surface area contributed by atoms with Crippen LogP contribution in [-0.2, 0) is 0 Å². The molecule has 21 heavy (non-hydrogen) atoms.